The van der Waals surface area contributed by atoms with Crippen LogP contribution in [0.25, 0.3) is 0 Å². The zero-order valence-electron chi connectivity index (χ0n) is 12.6. The van der Waals surface area contributed by atoms with Crippen LogP contribution in [0.4, 0.5) is 0 Å². The molecule has 1 aromatic rings. The number of amides is 2. The van der Waals surface area contributed by atoms with E-state index in [9.17, 15) is 14.4 Å². The molecule has 1 aromatic carbocycles. The first-order valence-electron chi connectivity index (χ1n) is 7.10. The fourth-order valence-electron chi connectivity index (χ4n) is 1.95. The lowest BCUT2D eigenvalue weighted by molar-refractivity contribution is -0.147. The minimum Gasteiger partial charge on any atom is -0.455 e. The highest BCUT2D eigenvalue weighted by atomic mass is 35.5. The Balaban J connectivity index is 1.66. The van der Waals surface area contributed by atoms with Gasteiger partial charge >= 0.3 is 5.97 Å². The van der Waals surface area contributed by atoms with Gasteiger partial charge in [0.2, 0.25) is 5.91 Å². The molecular formula is C15H15ClN2O4S2. The van der Waals surface area contributed by atoms with Gasteiger partial charge in [-0.3, -0.25) is 19.3 Å². The highest BCUT2D eigenvalue weighted by Crippen LogP contribution is 2.18. The van der Waals surface area contributed by atoms with Crippen LogP contribution in [-0.4, -0.2) is 52.5 Å². The van der Waals surface area contributed by atoms with Crippen molar-refractivity contribution in [2.75, 3.05) is 25.4 Å². The van der Waals surface area contributed by atoms with Crippen LogP contribution in [0.2, 0.25) is 5.02 Å². The van der Waals surface area contributed by atoms with Crippen molar-refractivity contribution in [3.8, 4) is 0 Å². The molecule has 1 fully saturated rings. The Morgan fingerprint density at radius 2 is 2.12 bits per heavy atom. The van der Waals surface area contributed by atoms with Crippen molar-refractivity contribution >= 4 is 57.7 Å². The van der Waals surface area contributed by atoms with Gasteiger partial charge in [0.15, 0.2) is 6.61 Å². The first kappa shape index (κ1) is 18.7. The predicted octanol–water partition coefficient (Wildman–Crippen LogP) is 1.40. The number of rotatable bonds is 7. The summed E-state index contributed by atoms with van der Waals surface area (Å²) in [6.45, 7) is 0.174. The lowest BCUT2D eigenvalue weighted by Crippen LogP contribution is -2.38. The van der Waals surface area contributed by atoms with E-state index in [1.165, 1.54) is 16.7 Å². The zero-order valence-corrected chi connectivity index (χ0v) is 15.0. The number of nitrogens with one attached hydrogen (secondary N) is 1. The minimum absolute atomic E-state index is 0.000721. The highest BCUT2D eigenvalue weighted by Gasteiger charge is 2.25. The summed E-state index contributed by atoms with van der Waals surface area (Å²) in [7, 11) is 0. The number of hydrogen-bond acceptors (Lipinski definition) is 6. The monoisotopic (exact) mass is 386 g/mol. The Kier molecular flexibility index (Phi) is 7.01. The van der Waals surface area contributed by atoms with E-state index >= 15 is 0 Å². The lowest BCUT2D eigenvalue weighted by Gasteiger charge is -2.15. The van der Waals surface area contributed by atoms with Gasteiger partial charge in [-0.05, 0) is 11.6 Å². The summed E-state index contributed by atoms with van der Waals surface area (Å²) in [4.78, 5) is 36.3. The maximum Gasteiger partial charge on any atom is 0.310 e. The molecule has 0 aliphatic carbocycles. The summed E-state index contributed by atoms with van der Waals surface area (Å²) in [5.74, 6) is -0.699. The molecule has 9 heteroatoms. The van der Waals surface area contributed by atoms with Gasteiger partial charge in [-0.25, -0.2) is 0 Å². The summed E-state index contributed by atoms with van der Waals surface area (Å²) in [6, 6.07) is 6.93. The van der Waals surface area contributed by atoms with Crippen LogP contribution in [0.5, 0.6) is 0 Å². The number of hydrogen-bond donors (Lipinski definition) is 1. The molecule has 1 heterocycles. The van der Waals surface area contributed by atoms with Crippen LogP contribution >= 0.6 is 35.6 Å². The summed E-state index contributed by atoms with van der Waals surface area (Å²) >= 11 is 12.3. The number of halogens is 1. The third-order valence-corrected chi connectivity index (χ3v) is 4.96. The second-order valence-electron chi connectivity index (χ2n) is 4.88. The Bertz CT molecular complexity index is 653. The molecule has 0 aromatic heterocycles. The Morgan fingerprint density at radius 3 is 2.79 bits per heavy atom. The predicted molar refractivity (Wildman–Crippen MR) is 95.9 cm³/mol. The number of nitrogens with zero attached hydrogens (tertiary/aromatic N) is 1. The molecule has 24 heavy (non-hydrogen) atoms. The van der Waals surface area contributed by atoms with Crippen LogP contribution in [0.15, 0.2) is 24.3 Å². The Hall–Kier alpha value is -1.64. The van der Waals surface area contributed by atoms with Gasteiger partial charge in [0, 0.05) is 18.1 Å². The van der Waals surface area contributed by atoms with Gasteiger partial charge in [-0.1, -0.05) is 53.8 Å². The van der Waals surface area contributed by atoms with Crippen molar-refractivity contribution in [3.63, 3.8) is 0 Å². The smallest absolute Gasteiger partial charge is 0.310 e. The van der Waals surface area contributed by atoms with Crippen LogP contribution in [0, 0.1) is 0 Å². The third kappa shape index (κ3) is 5.47. The molecule has 0 atom stereocenters. The van der Waals surface area contributed by atoms with E-state index in [2.05, 4.69) is 5.32 Å². The Morgan fingerprint density at radius 1 is 1.38 bits per heavy atom. The SMILES string of the molecule is O=C(COC(=O)Cc1ccccc1Cl)NCCN1C(=O)CSC1=S. The molecule has 1 aliphatic heterocycles. The second-order valence-corrected chi connectivity index (χ2v) is 6.90. The molecule has 0 bridgehead atoms. The largest absolute Gasteiger partial charge is 0.455 e. The van der Waals surface area contributed by atoms with Crippen LogP contribution < -0.4 is 5.32 Å². The number of esters is 1. The van der Waals surface area contributed by atoms with Crippen molar-refractivity contribution in [3.05, 3.63) is 34.9 Å². The summed E-state index contributed by atoms with van der Waals surface area (Å²) in [5.41, 5.74) is 0.642. The van der Waals surface area contributed by atoms with Crippen molar-refractivity contribution in [2.45, 2.75) is 6.42 Å². The Labute approximate surface area is 153 Å². The van der Waals surface area contributed by atoms with E-state index in [-0.39, 0.29) is 25.5 Å². The third-order valence-electron chi connectivity index (χ3n) is 3.16. The molecule has 0 saturated carbocycles. The lowest BCUT2D eigenvalue weighted by atomic mass is 10.1. The first-order chi connectivity index (χ1) is 11.5. The molecule has 1 aliphatic rings. The molecule has 0 unspecified atom stereocenters. The van der Waals surface area contributed by atoms with E-state index in [1.807, 2.05) is 0 Å². The van der Waals surface area contributed by atoms with Crippen LogP contribution in [-0.2, 0) is 25.5 Å². The van der Waals surface area contributed by atoms with E-state index in [1.54, 1.807) is 24.3 Å². The molecular weight excluding hydrogens is 372 g/mol. The quantitative estimate of drug-likeness (QED) is 0.564. The number of carbonyl (C=O) groups is 3. The van der Waals surface area contributed by atoms with Gasteiger partial charge in [0.05, 0.1) is 12.2 Å². The van der Waals surface area contributed by atoms with E-state index in [0.29, 0.717) is 27.2 Å². The van der Waals surface area contributed by atoms with E-state index in [4.69, 9.17) is 28.6 Å². The van der Waals surface area contributed by atoms with Gasteiger partial charge < -0.3 is 10.1 Å². The molecule has 128 valence electrons. The number of benzene rings is 1. The first-order valence-corrected chi connectivity index (χ1v) is 8.87. The normalized spacial score (nSPS) is 14.0. The maximum atomic E-state index is 11.7. The molecule has 0 radical (unpaired) electrons. The molecule has 2 amide bonds. The average molecular weight is 387 g/mol. The van der Waals surface area contributed by atoms with Gasteiger partial charge in [-0.15, -0.1) is 0 Å². The van der Waals surface area contributed by atoms with E-state index < -0.39 is 11.9 Å². The number of ether oxygens (including phenoxy) is 1. The molecule has 1 saturated heterocycles. The number of thiocarbonyl (C=S) groups is 1. The highest BCUT2D eigenvalue weighted by molar-refractivity contribution is 8.23. The fraction of sp³-hybridized carbons (Fsp3) is 0.333. The molecule has 0 spiro atoms. The van der Waals surface area contributed by atoms with E-state index in [0.717, 1.165) is 0 Å². The van der Waals surface area contributed by atoms with Crippen molar-refractivity contribution in [1.29, 1.82) is 0 Å². The standard InChI is InChI=1S/C15H15ClN2O4S2/c16-11-4-2-1-3-10(11)7-14(21)22-8-12(19)17-5-6-18-13(20)9-24-15(18)23/h1-4H,5-9H2,(H,17,19). The van der Waals surface area contributed by atoms with Gasteiger partial charge in [-0.2, -0.15) is 0 Å². The zero-order chi connectivity index (χ0) is 17.5. The second kappa shape index (κ2) is 9.00. The van der Waals surface area contributed by atoms with Crippen molar-refractivity contribution in [1.82, 2.24) is 10.2 Å². The van der Waals surface area contributed by atoms with Crippen LogP contribution in [0.3, 0.4) is 0 Å². The summed E-state index contributed by atoms with van der Waals surface area (Å²) < 4.78 is 5.42. The van der Waals surface area contributed by atoms with Crippen molar-refractivity contribution < 1.29 is 19.1 Å². The van der Waals surface area contributed by atoms with Gasteiger partial charge in [0.25, 0.3) is 5.91 Å². The number of carbonyl (C=O) groups excluding carboxylic acids is 3. The fourth-order valence-corrected chi connectivity index (χ4v) is 3.27. The van der Waals surface area contributed by atoms with Crippen molar-refractivity contribution in [2.24, 2.45) is 0 Å². The maximum absolute atomic E-state index is 11.7. The van der Waals surface area contributed by atoms with Crippen LogP contribution in [0.1, 0.15) is 5.56 Å². The molecule has 6 nitrogen and oxygen atoms in total. The molecule has 2 rings (SSSR count). The molecule has 1 N–H and O–H groups in total. The minimum atomic E-state index is -0.537. The average Bonchev–Trinajstić information content (AvgIpc) is 2.87. The number of thioether (sulfide) groups is 1. The summed E-state index contributed by atoms with van der Waals surface area (Å²) in [5, 5.41) is 3.05. The summed E-state index contributed by atoms with van der Waals surface area (Å²) in [6.07, 6.45) is 0.000721. The van der Waals surface area contributed by atoms with Gasteiger partial charge in [0.1, 0.15) is 4.32 Å². The topological polar surface area (TPSA) is 75.7 Å².